The van der Waals surface area contributed by atoms with E-state index >= 15 is 0 Å². The Balaban J connectivity index is 1.97. The fraction of sp³-hybridized carbons (Fsp3) is 0.368. The number of hydrogen-bond donors (Lipinski definition) is 1. The highest BCUT2D eigenvalue weighted by molar-refractivity contribution is 6.35. The van der Waals surface area contributed by atoms with Crippen LogP contribution in [-0.2, 0) is 13.2 Å². The summed E-state index contributed by atoms with van der Waals surface area (Å²) in [4.78, 5) is 0. The molecule has 0 saturated carbocycles. The molecule has 0 heterocycles. The molecule has 4 heteroatoms. The van der Waals surface area contributed by atoms with Gasteiger partial charge < -0.3 is 10.1 Å². The van der Waals surface area contributed by atoms with E-state index in [1.807, 2.05) is 36.4 Å². The van der Waals surface area contributed by atoms with Gasteiger partial charge in [-0.15, -0.1) is 0 Å². The van der Waals surface area contributed by atoms with Crippen molar-refractivity contribution in [1.82, 2.24) is 5.32 Å². The third-order valence-corrected chi connectivity index (χ3v) is 4.33. The summed E-state index contributed by atoms with van der Waals surface area (Å²) in [6.45, 7) is 6.61. The first kappa shape index (κ1) is 18.1. The molecule has 2 nitrogen and oxygen atoms in total. The van der Waals surface area contributed by atoms with Crippen molar-refractivity contribution >= 4 is 23.2 Å². The standard InChI is InChI=1S/C19H23Cl2NO/c1-14(2)10-11-22-12-15-6-3-4-9-19(15)23-13-16-17(20)7-5-8-18(16)21/h3-9,14,22H,10-13H2,1-2H3. The van der Waals surface area contributed by atoms with Crippen molar-refractivity contribution in [2.45, 2.75) is 33.4 Å². The van der Waals surface area contributed by atoms with Crippen LogP contribution < -0.4 is 10.1 Å². The molecule has 0 aromatic heterocycles. The molecule has 2 aromatic carbocycles. The Morgan fingerprint density at radius 1 is 1.00 bits per heavy atom. The number of benzene rings is 2. The van der Waals surface area contributed by atoms with Gasteiger partial charge in [0.05, 0.1) is 0 Å². The van der Waals surface area contributed by atoms with E-state index in [4.69, 9.17) is 27.9 Å². The summed E-state index contributed by atoms with van der Waals surface area (Å²) in [6, 6.07) is 13.5. The van der Waals surface area contributed by atoms with Crippen molar-refractivity contribution in [2.75, 3.05) is 6.54 Å². The van der Waals surface area contributed by atoms with Gasteiger partial charge in [-0.1, -0.05) is 61.3 Å². The fourth-order valence-electron chi connectivity index (χ4n) is 2.22. The van der Waals surface area contributed by atoms with E-state index in [-0.39, 0.29) is 0 Å². The quantitative estimate of drug-likeness (QED) is 0.615. The van der Waals surface area contributed by atoms with Crippen molar-refractivity contribution in [2.24, 2.45) is 5.92 Å². The number of rotatable bonds is 8. The molecule has 124 valence electrons. The predicted octanol–water partition coefficient (Wildman–Crippen LogP) is 5.71. The lowest BCUT2D eigenvalue weighted by Crippen LogP contribution is -2.17. The lowest BCUT2D eigenvalue weighted by molar-refractivity contribution is 0.302. The van der Waals surface area contributed by atoms with Crippen LogP contribution in [0.1, 0.15) is 31.4 Å². The Kier molecular flexibility index (Phi) is 7.22. The van der Waals surface area contributed by atoms with Crippen LogP contribution in [0.2, 0.25) is 10.0 Å². The van der Waals surface area contributed by atoms with Gasteiger partial charge in [0.15, 0.2) is 0 Å². The first-order valence-corrected chi connectivity index (χ1v) is 8.68. The van der Waals surface area contributed by atoms with E-state index in [1.54, 1.807) is 0 Å². The third-order valence-electron chi connectivity index (χ3n) is 3.62. The average molecular weight is 352 g/mol. The van der Waals surface area contributed by atoms with Crippen molar-refractivity contribution in [3.63, 3.8) is 0 Å². The zero-order valence-electron chi connectivity index (χ0n) is 13.6. The number of halogens is 2. The number of ether oxygens (including phenoxy) is 1. The predicted molar refractivity (Wildman–Crippen MR) is 98.4 cm³/mol. The minimum atomic E-state index is 0.363. The monoisotopic (exact) mass is 351 g/mol. The molecule has 2 aromatic rings. The Hall–Kier alpha value is -1.22. The summed E-state index contributed by atoms with van der Waals surface area (Å²) < 4.78 is 5.95. The molecule has 0 aliphatic carbocycles. The van der Waals surface area contributed by atoms with Gasteiger partial charge in [-0.3, -0.25) is 0 Å². The highest BCUT2D eigenvalue weighted by atomic mass is 35.5. The van der Waals surface area contributed by atoms with Crippen LogP contribution in [0.3, 0.4) is 0 Å². The smallest absolute Gasteiger partial charge is 0.124 e. The Bertz CT molecular complexity index is 608. The molecule has 0 atom stereocenters. The molecule has 0 fully saturated rings. The van der Waals surface area contributed by atoms with Crippen LogP contribution in [0.5, 0.6) is 5.75 Å². The third kappa shape index (κ3) is 5.72. The van der Waals surface area contributed by atoms with Gasteiger partial charge in [0.25, 0.3) is 0 Å². The van der Waals surface area contributed by atoms with Crippen molar-refractivity contribution in [1.29, 1.82) is 0 Å². The molecule has 2 rings (SSSR count). The van der Waals surface area contributed by atoms with Crippen LogP contribution in [0.25, 0.3) is 0 Å². The Morgan fingerprint density at radius 2 is 1.70 bits per heavy atom. The zero-order valence-corrected chi connectivity index (χ0v) is 15.1. The summed E-state index contributed by atoms with van der Waals surface area (Å²) in [5.74, 6) is 1.57. The first-order chi connectivity index (χ1) is 11.1. The van der Waals surface area contributed by atoms with E-state index in [0.717, 1.165) is 36.4 Å². The van der Waals surface area contributed by atoms with Gasteiger partial charge in [-0.25, -0.2) is 0 Å². The molecule has 1 N–H and O–H groups in total. The molecule has 0 aliphatic rings. The molecule has 23 heavy (non-hydrogen) atoms. The minimum Gasteiger partial charge on any atom is -0.488 e. The Labute approximate surface area is 148 Å². The Morgan fingerprint density at radius 3 is 2.39 bits per heavy atom. The van der Waals surface area contributed by atoms with Crippen molar-refractivity contribution < 1.29 is 4.74 Å². The highest BCUT2D eigenvalue weighted by Gasteiger charge is 2.08. The minimum absolute atomic E-state index is 0.363. The maximum absolute atomic E-state index is 6.19. The largest absolute Gasteiger partial charge is 0.488 e. The van der Waals surface area contributed by atoms with Crippen molar-refractivity contribution in [3.05, 3.63) is 63.6 Å². The van der Waals surface area contributed by atoms with Gasteiger partial charge in [-0.05, 0) is 37.1 Å². The summed E-state index contributed by atoms with van der Waals surface area (Å²) >= 11 is 12.4. The van der Waals surface area contributed by atoms with Crippen molar-refractivity contribution in [3.8, 4) is 5.75 Å². The van der Waals surface area contributed by atoms with Gasteiger partial charge in [0.2, 0.25) is 0 Å². The van der Waals surface area contributed by atoms with Crippen LogP contribution in [0.4, 0.5) is 0 Å². The van der Waals surface area contributed by atoms with Gasteiger partial charge in [0, 0.05) is 27.7 Å². The van der Waals surface area contributed by atoms with E-state index < -0.39 is 0 Å². The highest BCUT2D eigenvalue weighted by Crippen LogP contribution is 2.27. The van der Waals surface area contributed by atoms with Gasteiger partial charge in [0.1, 0.15) is 12.4 Å². The van der Waals surface area contributed by atoms with Crippen LogP contribution in [0.15, 0.2) is 42.5 Å². The fourth-order valence-corrected chi connectivity index (χ4v) is 2.73. The molecular formula is C19H23Cl2NO. The van der Waals surface area contributed by atoms with E-state index in [1.165, 1.54) is 0 Å². The summed E-state index contributed by atoms with van der Waals surface area (Å²) in [5, 5.41) is 4.72. The molecule has 0 unspecified atom stereocenters. The summed E-state index contributed by atoms with van der Waals surface area (Å²) in [6.07, 6.45) is 1.16. The topological polar surface area (TPSA) is 21.3 Å². The molecular weight excluding hydrogens is 329 g/mol. The summed E-state index contributed by atoms with van der Waals surface area (Å²) in [7, 11) is 0. The number of nitrogens with one attached hydrogen (secondary N) is 1. The second-order valence-corrected chi connectivity index (χ2v) is 6.77. The zero-order chi connectivity index (χ0) is 16.7. The van der Waals surface area contributed by atoms with E-state index in [0.29, 0.717) is 22.6 Å². The lowest BCUT2D eigenvalue weighted by Gasteiger charge is -2.14. The van der Waals surface area contributed by atoms with Crippen LogP contribution in [-0.4, -0.2) is 6.54 Å². The van der Waals surface area contributed by atoms with Crippen LogP contribution in [0, 0.1) is 5.92 Å². The molecule has 0 amide bonds. The number of para-hydroxylation sites is 1. The second-order valence-electron chi connectivity index (χ2n) is 5.96. The molecule has 0 radical (unpaired) electrons. The average Bonchev–Trinajstić information content (AvgIpc) is 2.52. The van der Waals surface area contributed by atoms with E-state index in [2.05, 4.69) is 25.2 Å². The van der Waals surface area contributed by atoms with Gasteiger partial charge >= 0.3 is 0 Å². The molecule has 0 saturated heterocycles. The first-order valence-electron chi connectivity index (χ1n) is 7.92. The van der Waals surface area contributed by atoms with Gasteiger partial charge in [-0.2, -0.15) is 0 Å². The maximum Gasteiger partial charge on any atom is 0.124 e. The maximum atomic E-state index is 6.19. The molecule has 0 spiro atoms. The normalized spacial score (nSPS) is 11.0. The SMILES string of the molecule is CC(C)CCNCc1ccccc1OCc1c(Cl)cccc1Cl. The second kappa shape index (κ2) is 9.17. The number of hydrogen-bond acceptors (Lipinski definition) is 2. The van der Waals surface area contributed by atoms with E-state index in [9.17, 15) is 0 Å². The van der Waals surface area contributed by atoms with Crippen LogP contribution >= 0.6 is 23.2 Å². The molecule has 0 bridgehead atoms. The lowest BCUT2D eigenvalue weighted by atomic mass is 10.1. The molecule has 0 aliphatic heterocycles. The summed E-state index contributed by atoms with van der Waals surface area (Å²) in [5.41, 5.74) is 1.96.